The largest absolute Gasteiger partial charge is 0.481 e. The number of rotatable bonds is 4. The maximum absolute atomic E-state index is 11.2. The lowest BCUT2D eigenvalue weighted by atomic mass is 9.90. The Balaban J connectivity index is 3.09. The number of carboxylic acid groups (broad SMARTS) is 1. The highest BCUT2D eigenvalue weighted by Gasteiger charge is 2.20. The van der Waals surface area contributed by atoms with Gasteiger partial charge in [-0.1, -0.05) is 37.1 Å². The summed E-state index contributed by atoms with van der Waals surface area (Å²) in [6.07, 6.45) is 1.60. The van der Waals surface area contributed by atoms with Crippen LogP contribution in [0.3, 0.4) is 0 Å². The highest BCUT2D eigenvalue weighted by molar-refractivity contribution is 5.76. The van der Waals surface area contributed by atoms with Gasteiger partial charge >= 0.3 is 5.97 Å². The van der Waals surface area contributed by atoms with Crippen LogP contribution in [0.15, 0.2) is 18.2 Å². The molecule has 0 radical (unpaired) electrons. The Bertz CT molecular complexity index is 356. The zero-order chi connectivity index (χ0) is 11.4. The van der Waals surface area contributed by atoms with E-state index >= 15 is 0 Å². The summed E-state index contributed by atoms with van der Waals surface area (Å²) in [5.74, 6) is -1.07. The van der Waals surface area contributed by atoms with Crippen LogP contribution >= 0.6 is 0 Å². The van der Waals surface area contributed by atoms with E-state index < -0.39 is 5.97 Å². The van der Waals surface area contributed by atoms with E-state index in [-0.39, 0.29) is 5.92 Å². The fourth-order valence-corrected chi connectivity index (χ4v) is 1.84. The van der Waals surface area contributed by atoms with E-state index in [1.54, 1.807) is 0 Å². The zero-order valence-corrected chi connectivity index (χ0v) is 9.58. The van der Waals surface area contributed by atoms with Crippen molar-refractivity contribution in [3.8, 4) is 0 Å². The number of carboxylic acids is 1. The molecule has 1 aromatic carbocycles. The maximum Gasteiger partial charge on any atom is 0.310 e. The summed E-state index contributed by atoms with van der Waals surface area (Å²) in [5, 5.41) is 9.17. The zero-order valence-electron chi connectivity index (χ0n) is 9.58. The van der Waals surface area contributed by atoms with Crippen LogP contribution in [0.5, 0.6) is 0 Å². The van der Waals surface area contributed by atoms with Crippen molar-refractivity contribution < 1.29 is 9.90 Å². The number of hydrogen-bond donors (Lipinski definition) is 1. The quantitative estimate of drug-likeness (QED) is 0.820. The van der Waals surface area contributed by atoms with Crippen LogP contribution in [-0.2, 0) is 4.79 Å². The molecule has 0 aliphatic heterocycles. The average Bonchev–Trinajstić information content (AvgIpc) is 2.18. The number of hydrogen-bond acceptors (Lipinski definition) is 1. The van der Waals surface area contributed by atoms with Crippen molar-refractivity contribution >= 4 is 5.97 Å². The van der Waals surface area contributed by atoms with Gasteiger partial charge in [-0.2, -0.15) is 0 Å². The Labute approximate surface area is 90.9 Å². The second-order valence-electron chi connectivity index (χ2n) is 4.04. The van der Waals surface area contributed by atoms with Crippen LogP contribution in [0.4, 0.5) is 0 Å². The van der Waals surface area contributed by atoms with Gasteiger partial charge in [-0.05, 0) is 31.4 Å². The average molecular weight is 206 g/mol. The first-order chi connectivity index (χ1) is 7.06. The smallest absolute Gasteiger partial charge is 0.310 e. The second kappa shape index (κ2) is 4.96. The third-order valence-corrected chi connectivity index (χ3v) is 2.69. The maximum atomic E-state index is 11.2. The van der Waals surface area contributed by atoms with Crippen LogP contribution < -0.4 is 0 Å². The third kappa shape index (κ3) is 2.82. The van der Waals surface area contributed by atoms with Crippen LogP contribution in [0, 0.1) is 13.8 Å². The molecule has 82 valence electrons. The summed E-state index contributed by atoms with van der Waals surface area (Å²) in [6.45, 7) is 5.98. The number of carbonyl (C=O) groups is 1. The molecule has 0 spiro atoms. The first-order valence-corrected chi connectivity index (χ1v) is 5.36. The molecule has 15 heavy (non-hydrogen) atoms. The van der Waals surface area contributed by atoms with E-state index in [1.807, 2.05) is 39.0 Å². The summed E-state index contributed by atoms with van der Waals surface area (Å²) in [7, 11) is 0. The van der Waals surface area contributed by atoms with Gasteiger partial charge in [-0.3, -0.25) is 4.79 Å². The molecule has 1 rings (SSSR count). The predicted molar refractivity (Wildman–Crippen MR) is 61.2 cm³/mol. The van der Waals surface area contributed by atoms with Crippen molar-refractivity contribution in [2.75, 3.05) is 0 Å². The minimum absolute atomic E-state index is 0.352. The molecule has 0 bridgehead atoms. The molecule has 0 aliphatic rings. The Hall–Kier alpha value is -1.31. The molecule has 1 N–H and O–H groups in total. The van der Waals surface area contributed by atoms with Crippen LogP contribution in [0.1, 0.15) is 42.4 Å². The summed E-state index contributed by atoms with van der Waals surface area (Å²) >= 11 is 0. The highest BCUT2D eigenvalue weighted by Crippen LogP contribution is 2.25. The van der Waals surface area contributed by atoms with Crippen molar-refractivity contribution in [2.24, 2.45) is 0 Å². The van der Waals surface area contributed by atoms with E-state index in [0.29, 0.717) is 6.42 Å². The Morgan fingerprint density at radius 2 is 2.07 bits per heavy atom. The van der Waals surface area contributed by atoms with Crippen LogP contribution in [0.2, 0.25) is 0 Å². The molecular weight excluding hydrogens is 188 g/mol. The van der Waals surface area contributed by atoms with Crippen LogP contribution in [-0.4, -0.2) is 11.1 Å². The Kier molecular flexibility index (Phi) is 3.89. The molecule has 2 nitrogen and oxygen atoms in total. The standard InChI is InChI=1S/C13H18O2/c1-4-5-11(13(14)15)12-8-9(2)6-7-10(12)3/h6-8,11H,4-5H2,1-3H3,(H,14,15). The molecule has 0 fully saturated rings. The van der Waals surface area contributed by atoms with Gasteiger partial charge in [0.25, 0.3) is 0 Å². The molecule has 1 unspecified atom stereocenters. The molecule has 1 aromatic rings. The van der Waals surface area contributed by atoms with Gasteiger partial charge in [0.15, 0.2) is 0 Å². The fourth-order valence-electron chi connectivity index (χ4n) is 1.84. The van der Waals surface area contributed by atoms with E-state index in [9.17, 15) is 9.90 Å². The van der Waals surface area contributed by atoms with Gasteiger partial charge in [0.1, 0.15) is 0 Å². The summed E-state index contributed by atoms with van der Waals surface area (Å²) in [4.78, 5) is 11.2. The highest BCUT2D eigenvalue weighted by atomic mass is 16.4. The van der Waals surface area contributed by atoms with Gasteiger partial charge < -0.3 is 5.11 Å². The predicted octanol–water partition coefficient (Wildman–Crippen LogP) is 3.27. The lowest BCUT2D eigenvalue weighted by Gasteiger charge is -2.15. The lowest BCUT2D eigenvalue weighted by molar-refractivity contribution is -0.139. The monoisotopic (exact) mass is 206 g/mol. The van der Waals surface area contributed by atoms with Gasteiger partial charge in [-0.15, -0.1) is 0 Å². The van der Waals surface area contributed by atoms with Crippen molar-refractivity contribution in [1.29, 1.82) is 0 Å². The van der Waals surface area contributed by atoms with Gasteiger partial charge in [-0.25, -0.2) is 0 Å². The van der Waals surface area contributed by atoms with Gasteiger partial charge in [0.2, 0.25) is 0 Å². The molecule has 1 atom stereocenters. The van der Waals surface area contributed by atoms with Crippen LogP contribution in [0.25, 0.3) is 0 Å². The number of aryl methyl sites for hydroxylation is 2. The van der Waals surface area contributed by atoms with Gasteiger partial charge in [0.05, 0.1) is 5.92 Å². The van der Waals surface area contributed by atoms with E-state index in [2.05, 4.69) is 0 Å². The topological polar surface area (TPSA) is 37.3 Å². The van der Waals surface area contributed by atoms with Gasteiger partial charge in [0, 0.05) is 0 Å². The van der Waals surface area contributed by atoms with E-state index in [1.165, 1.54) is 0 Å². The molecular formula is C13H18O2. The molecule has 0 saturated heterocycles. The van der Waals surface area contributed by atoms with E-state index in [4.69, 9.17) is 0 Å². The molecule has 2 heteroatoms. The minimum Gasteiger partial charge on any atom is -0.481 e. The first kappa shape index (κ1) is 11.8. The Morgan fingerprint density at radius 1 is 1.40 bits per heavy atom. The fraction of sp³-hybridized carbons (Fsp3) is 0.462. The molecule has 0 saturated carbocycles. The lowest BCUT2D eigenvalue weighted by Crippen LogP contribution is -2.12. The summed E-state index contributed by atoms with van der Waals surface area (Å²) in [5.41, 5.74) is 3.16. The number of benzene rings is 1. The van der Waals surface area contributed by atoms with Crippen molar-refractivity contribution in [3.63, 3.8) is 0 Å². The second-order valence-corrected chi connectivity index (χ2v) is 4.04. The SMILES string of the molecule is CCCC(C(=O)O)c1cc(C)ccc1C. The van der Waals surface area contributed by atoms with Crippen molar-refractivity contribution in [3.05, 3.63) is 34.9 Å². The molecule has 0 aliphatic carbocycles. The molecule has 0 aromatic heterocycles. The first-order valence-electron chi connectivity index (χ1n) is 5.36. The van der Waals surface area contributed by atoms with Crippen molar-refractivity contribution in [2.45, 2.75) is 39.5 Å². The molecule has 0 amide bonds. The number of aliphatic carboxylic acids is 1. The van der Waals surface area contributed by atoms with Crippen molar-refractivity contribution in [1.82, 2.24) is 0 Å². The summed E-state index contributed by atoms with van der Waals surface area (Å²) in [6, 6.07) is 6.00. The Morgan fingerprint density at radius 3 is 2.60 bits per heavy atom. The summed E-state index contributed by atoms with van der Waals surface area (Å²) < 4.78 is 0. The van der Waals surface area contributed by atoms with E-state index in [0.717, 1.165) is 23.1 Å². The minimum atomic E-state index is -0.717. The normalized spacial score (nSPS) is 12.5. The molecule has 0 heterocycles. The third-order valence-electron chi connectivity index (χ3n) is 2.69.